The first-order valence-electron chi connectivity index (χ1n) is 9.52. The summed E-state index contributed by atoms with van der Waals surface area (Å²) < 4.78 is 32.6. The molecular weight excluding hydrogens is 366 g/mol. The van der Waals surface area contributed by atoms with Gasteiger partial charge in [-0.05, 0) is 37.5 Å². The molecule has 150 valence electrons. The highest BCUT2D eigenvalue weighted by Crippen LogP contribution is 2.22. The van der Waals surface area contributed by atoms with Crippen LogP contribution in [0.2, 0.25) is 0 Å². The fraction of sp³-hybridized carbons (Fsp3) is 0.632. The van der Waals surface area contributed by atoms with E-state index in [1.165, 1.54) is 0 Å². The number of carbonyl (C=O) groups is 1. The molecule has 0 saturated carbocycles. The number of likely N-dealkylation sites (tertiary alicyclic amines) is 1. The van der Waals surface area contributed by atoms with Gasteiger partial charge in [0.1, 0.15) is 0 Å². The predicted molar refractivity (Wildman–Crippen MR) is 103 cm³/mol. The Kier molecular flexibility index (Phi) is 6.52. The van der Waals surface area contributed by atoms with Crippen molar-refractivity contribution in [1.29, 1.82) is 0 Å². The van der Waals surface area contributed by atoms with Crippen molar-refractivity contribution in [1.82, 2.24) is 14.1 Å². The summed E-state index contributed by atoms with van der Waals surface area (Å²) >= 11 is 0. The van der Waals surface area contributed by atoms with Crippen LogP contribution in [-0.4, -0.2) is 87.5 Å². The fourth-order valence-electron chi connectivity index (χ4n) is 3.88. The molecule has 3 rings (SSSR count). The molecule has 0 spiro atoms. The van der Waals surface area contributed by atoms with Crippen LogP contribution in [0.4, 0.5) is 0 Å². The molecule has 1 aromatic carbocycles. The lowest BCUT2D eigenvalue weighted by Gasteiger charge is -2.26. The molecule has 1 atom stereocenters. The lowest BCUT2D eigenvalue weighted by Crippen LogP contribution is -2.44. The highest BCUT2D eigenvalue weighted by molar-refractivity contribution is 7.89. The van der Waals surface area contributed by atoms with E-state index in [-0.39, 0.29) is 11.9 Å². The van der Waals surface area contributed by atoms with Gasteiger partial charge in [0.25, 0.3) is 0 Å². The summed E-state index contributed by atoms with van der Waals surface area (Å²) in [5.41, 5.74) is 0.931. The van der Waals surface area contributed by atoms with E-state index in [2.05, 4.69) is 4.90 Å². The quantitative estimate of drug-likeness (QED) is 0.717. The third kappa shape index (κ3) is 4.51. The summed E-state index contributed by atoms with van der Waals surface area (Å²) in [5.74, 6) is 0.141. The Balaban J connectivity index is 1.65. The largest absolute Gasteiger partial charge is 0.383 e. The van der Waals surface area contributed by atoms with Gasteiger partial charge in [-0.1, -0.05) is 12.1 Å². The second-order valence-electron chi connectivity index (χ2n) is 7.23. The highest BCUT2D eigenvalue weighted by atomic mass is 32.2. The molecule has 0 radical (unpaired) electrons. The molecule has 0 unspecified atom stereocenters. The second kappa shape index (κ2) is 8.68. The van der Waals surface area contributed by atoms with Crippen molar-refractivity contribution in [2.45, 2.75) is 30.7 Å². The molecule has 0 N–H and O–H groups in total. The van der Waals surface area contributed by atoms with Gasteiger partial charge in [0.2, 0.25) is 15.9 Å². The summed E-state index contributed by atoms with van der Waals surface area (Å²) in [6.45, 7) is 6.03. The smallest absolute Gasteiger partial charge is 0.243 e. The van der Waals surface area contributed by atoms with Crippen LogP contribution < -0.4 is 0 Å². The number of hydrogen-bond donors (Lipinski definition) is 0. The van der Waals surface area contributed by atoms with Gasteiger partial charge < -0.3 is 9.64 Å². The second-order valence-corrected chi connectivity index (χ2v) is 9.17. The number of nitrogens with zero attached hydrogens (tertiary/aromatic N) is 3. The summed E-state index contributed by atoms with van der Waals surface area (Å²) in [6, 6.07) is 6.90. The Morgan fingerprint density at radius 1 is 1.15 bits per heavy atom. The molecule has 2 saturated heterocycles. The van der Waals surface area contributed by atoms with Crippen molar-refractivity contribution >= 4 is 15.9 Å². The molecule has 2 fully saturated rings. The van der Waals surface area contributed by atoms with Gasteiger partial charge in [0, 0.05) is 46.4 Å². The number of carbonyl (C=O) groups excluding carboxylic acids is 1. The molecule has 0 aromatic heterocycles. The third-order valence-electron chi connectivity index (χ3n) is 5.39. The summed E-state index contributed by atoms with van der Waals surface area (Å²) in [5, 5.41) is 0. The molecule has 0 bridgehead atoms. The van der Waals surface area contributed by atoms with E-state index in [1.807, 2.05) is 17.9 Å². The molecule has 0 aliphatic carbocycles. The molecule has 1 amide bonds. The van der Waals surface area contributed by atoms with E-state index >= 15 is 0 Å². The number of ether oxygens (including phenoxy) is 1. The monoisotopic (exact) mass is 395 g/mol. The minimum Gasteiger partial charge on any atom is -0.383 e. The molecule has 7 nitrogen and oxygen atoms in total. The van der Waals surface area contributed by atoms with Crippen LogP contribution in [0.3, 0.4) is 0 Å². The van der Waals surface area contributed by atoms with E-state index < -0.39 is 10.0 Å². The topological polar surface area (TPSA) is 70.2 Å². The van der Waals surface area contributed by atoms with Gasteiger partial charge in [-0.2, -0.15) is 4.31 Å². The SMILES string of the molecule is COCCN1CC[C@@H](N2CCCN(S(=O)(=O)c3cccc(C)c3)CC2)C1=O. The lowest BCUT2D eigenvalue weighted by atomic mass is 10.2. The number of rotatable bonds is 6. The zero-order chi connectivity index (χ0) is 19.4. The van der Waals surface area contributed by atoms with E-state index in [0.717, 1.165) is 31.5 Å². The van der Waals surface area contributed by atoms with Gasteiger partial charge >= 0.3 is 0 Å². The van der Waals surface area contributed by atoms with E-state index in [4.69, 9.17) is 4.74 Å². The summed E-state index contributed by atoms with van der Waals surface area (Å²) in [6.07, 6.45) is 1.53. The molecular formula is C19H29N3O4S. The van der Waals surface area contributed by atoms with E-state index in [9.17, 15) is 13.2 Å². The van der Waals surface area contributed by atoms with E-state index in [1.54, 1.807) is 29.6 Å². The Labute approximate surface area is 161 Å². The summed E-state index contributed by atoms with van der Waals surface area (Å²) in [4.78, 5) is 17.0. The standard InChI is InChI=1S/C19H29N3O4S/c1-16-5-3-6-17(15-16)27(24,25)22-9-4-8-20(11-12-22)18-7-10-21(19(18)23)13-14-26-2/h3,5-6,15,18H,4,7-14H2,1-2H3/t18-/m1/s1. The molecule has 2 aliphatic rings. The molecule has 8 heteroatoms. The summed E-state index contributed by atoms with van der Waals surface area (Å²) in [7, 11) is -1.86. The number of amides is 1. The van der Waals surface area contributed by atoms with Crippen molar-refractivity contribution in [3.05, 3.63) is 29.8 Å². The van der Waals surface area contributed by atoms with Crippen LogP contribution in [0.5, 0.6) is 0 Å². The van der Waals surface area contributed by atoms with Crippen LogP contribution >= 0.6 is 0 Å². The fourth-order valence-corrected chi connectivity index (χ4v) is 5.45. The Morgan fingerprint density at radius 2 is 1.96 bits per heavy atom. The van der Waals surface area contributed by atoms with Crippen molar-refractivity contribution in [3.63, 3.8) is 0 Å². The van der Waals surface area contributed by atoms with Crippen LogP contribution in [0.25, 0.3) is 0 Å². The number of sulfonamides is 1. The zero-order valence-corrected chi connectivity index (χ0v) is 17.0. The van der Waals surface area contributed by atoms with Crippen molar-refractivity contribution in [3.8, 4) is 0 Å². The van der Waals surface area contributed by atoms with Gasteiger partial charge in [-0.3, -0.25) is 9.69 Å². The minimum absolute atomic E-state index is 0.136. The average Bonchev–Trinajstić information content (AvgIpc) is 2.85. The van der Waals surface area contributed by atoms with E-state index in [0.29, 0.717) is 37.7 Å². The van der Waals surface area contributed by atoms with Crippen LogP contribution in [0.15, 0.2) is 29.2 Å². The van der Waals surface area contributed by atoms with Crippen molar-refractivity contribution < 1.29 is 17.9 Å². The first-order valence-corrected chi connectivity index (χ1v) is 11.0. The van der Waals surface area contributed by atoms with Gasteiger partial charge in [0.05, 0.1) is 17.5 Å². The molecule has 2 heterocycles. The predicted octanol–water partition coefficient (Wildman–Crippen LogP) is 0.939. The van der Waals surface area contributed by atoms with Crippen LogP contribution in [-0.2, 0) is 19.6 Å². The lowest BCUT2D eigenvalue weighted by molar-refractivity contribution is -0.132. The number of aryl methyl sites for hydroxylation is 1. The molecule has 2 aliphatic heterocycles. The van der Waals surface area contributed by atoms with Crippen molar-refractivity contribution in [2.75, 3.05) is 53.0 Å². The van der Waals surface area contributed by atoms with Gasteiger partial charge in [-0.25, -0.2) is 8.42 Å². The van der Waals surface area contributed by atoms with Crippen molar-refractivity contribution in [2.24, 2.45) is 0 Å². The Morgan fingerprint density at radius 3 is 2.70 bits per heavy atom. The highest BCUT2D eigenvalue weighted by Gasteiger charge is 2.37. The van der Waals surface area contributed by atoms with Crippen LogP contribution in [0.1, 0.15) is 18.4 Å². The normalized spacial score (nSPS) is 23.0. The maximum atomic E-state index is 13.0. The van der Waals surface area contributed by atoms with Gasteiger partial charge in [-0.15, -0.1) is 0 Å². The number of hydrogen-bond acceptors (Lipinski definition) is 5. The number of methoxy groups -OCH3 is 1. The Bertz CT molecular complexity index is 768. The molecule has 1 aromatic rings. The maximum Gasteiger partial charge on any atom is 0.243 e. The maximum absolute atomic E-state index is 13.0. The Hall–Kier alpha value is -1.48. The molecule has 27 heavy (non-hydrogen) atoms. The first kappa shape index (κ1) is 20.3. The third-order valence-corrected chi connectivity index (χ3v) is 7.29. The average molecular weight is 396 g/mol. The zero-order valence-electron chi connectivity index (χ0n) is 16.1. The number of benzene rings is 1. The van der Waals surface area contributed by atoms with Crippen LogP contribution in [0, 0.1) is 6.92 Å². The van der Waals surface area contributed by atoms with Gasteiger partial charge in [0.15, 0.2) is 0 Å². The first-order chi connectivity index (χ1) is 12.9. The minimum atomic E-state index is -3.50.